The molecule has 0 radical (unpaired) electrons. The molecule has 0 spiro atoms. The highest BCUT2D eigenvalue weighted by Gasteiger charge is 2.33. The fourth-order valence-corrected chi connectivity index (χ4v) is 3.26. The van der Waals surface area contributed by atoms with E-state index in [1.54, 1.807) is 24.3 Å². The summed E-state index contributed by atoms with van der Waals surface area (Å²) >= 11 is 6.27. The molecule has 1 amide bonds. The van der Waals surface area contributed by atoms with Crippen molar-refractivity contribution in [3.05, 3.63) is 70.4 Å². The van der Waals surface area contributed by atoms with E-state index in [-0.39, 0.29) is 11.6 Å². The predicted octanol–water partition coefficient (Wildman–Crippen LogP) is 5.88. The Labute approximate surface area is 163 Å². The molecule has 3 aromatic rings. The first-order valence-corrected chi connectivity index (χ1v) is 9.04. The van der Waals surface area contributed by atoms with Crippen molar-refractivity contribution in [3.8, 4) is 11.3 Å². The number of carbonyl (C=O) groups excluding carboxylic acids is 1. The molecule has 0 unspecified atom stereocenters. The Morgan fingerprint density at radius 1 is 1.11 bits per heavy atom. The summed E-state index contributed by atoms with van der Waals surface area (Å²) in [6.07, 6.45) is -2.53. The van der Waals surface area contributed by atoms with E-state index < -0.39 is 17.6 Å². The van der Waals surface area contributed by atoms with Crippen LogP contribution >= 0.6 is 11.6 Å². The maximum atomic E-state index is 13.0. The Hall–Kier alpha value is -2.80. The SMILES string of the molecule is O=C(Nc1ccc(C(F)(F)F)cc1)c1c(-c2ccccc2Cl)n[nH]c1C1CC1. The van der Waals surface area contributed by atoms with E-state index in [0.29, 0.717) is 21.8 Å². The summed E-state index contributed by atoms with van der Waals surface area (Å²) in [6.45, 7) is 0. The highest BCUT2D eigenvalue weighted by atomic mass is 35.5. The highest BCUT2D eigenvalue weighted by Crippen LogP contribution is 2.43. The van der Waals surface area contributed by atoms with Crippen LogP contribution in [0.15, 0.2) is 48.5 Å². The van der Waals surface area contributed by atoms with Gasteiger partial charge in [-0.1, -0.05) is 29.8 Å². The Bertz CT molecular complexity index is 1020. The van der Waals surface area contributed by atoms with Crippen LogP contribution in [0, 0.1) is 0 Å². The minimum Gasteiger partial charge on any atom is -0.322 e. The number of anilines is 1. The lowest BCUT2D eigenvalue weighted by Crippen LogP contribution is -2.14. The summed E-state index contributed by atoms with van der Waals surface area (Å²) < 4.78 is 38.2. The van der Waals surface area contributed by atoms with Crippen molar-refractivity contribution in [1.82, 2.24) is 10.2 Å². The minimum atomic E-state index is -4.43. The van der Waals surface area contributed by atoms with Gasteiger partial charge in [0, 0.05) is 17.2 Å². The molecule has 1 aliphatic carbocycles. The monoisotopic (exact) mass is 405 g/mol. The number of H-pyrrole nitrogens is 1. The number of nitrogens with zero attached hydrogens (tertiary/aromatic N) is 1. The van der Waals surface area contributed by atoms with Crippen molar-refractivity contribution in [1.29, 1.82) is 0 Å². The van der Waals surface area contributed by atoms with Crippen molar-refractivity contribution in [2.45, 2.75) is 24.9 Å². The molecule has 1 heterocycles. The molecule has 2 aromatic carbocycles. The average Bonchev–Trinajstić information content (AvgIpc) is 3.40. The molecule has 1 fully saturated rings. The van der Waals surface area contributed by atoms with Gasteiger partial charge in [0.15, 0.2) is 0 Å². The number of aromatic amines is 1. The van der Waals surface area contributed by atoms with Gasteiger partial charge < -0.3 is 5.32 Å². The Balaban J connectivity index is 1.67. The van der Waals surface area contributed by atoms with Crippen molar-refractivity contribution in [2.75, 3.05) is 5.32 Å². The van der Waals surface area contributed by atoms with Gasteiger partial charge in [0.1, 0.15) is 5.69 Å². The Morgan fingerprint density at radius 3 is 2.39 bits per heavy atom. The molecular weight excluding hydrogens is 391 g/mol. The van der Waals surface area contributed by atoms with Crippen LogP contribution in [0.5, 0.6) is 0 Å². The van der Waals surface area contributed by atoms with E-state index in [1.165, 1.54) is 12.1 Å². The van der Waals surface area contributed by atoms with Crippen LogP contribution in [0.4, 0.5) is 18.9 Å². The number of rotatable bonds is 4. The van der Waals surface area contributed by atoms with Gasteiger partial charge >= 0.3 is 6.18 Å². The van der Waals surface area contributed by atoms with E-state index in [4.69, 9.17) is 11.6 Å². The van der Waals surface area contributed by atoms with E-state index in [1.807, 2.05) is 0 Å². The van der Waals surface area contributed by atoms with Gasteiger partial charge in [-0.05, 0) is 43.2 Å². The van der Waals surface area contributed by atoms with Crippen molar-refractivity contribution in [2.24, 2.45) is 0 Å². The minimum absolute atomic E-state index is 0.220. The van der Waals surface area contributed by atoms with Gasteiger partial charge in [0.05, 0.1) is 21.8 Å². The van der Waals surface area contributed by atoms with Gasteiger partial charge in [-0.3, -0.25) is 9.89 Å². The first-order chi connectivity index (χ1) is 13.3. The number of alkyl halides is 3. The standard InChI is InChI=1S/C20H15ClF3N3O/c21-15-4-2-1-3-14(15)18-16(17(26-27-18)11-5-6-11)19(28)25-13-9-7-12(8-10-13)20(22,23)24/h1-4,7-11H,5-6H2,(H,25,28)(H,26,27). The van der Waals surface area contributed by atoms with Crippen molar-refractivity contribution < 1.29 is 18.0 Å². The molecule has 1 aromatic heterocycles. The largest absolute Gasteiger partial charge is 0.416 e. The summed E-state index contributed by atoms with van der Waals surface area (Å²) in [5, 5.41) is 10.4. The zero-order valence-corrected chi connectivity index (χ0v) is 15.2. The van der Waals surface area contributed by atoms with Crippen molar-refractivity contribution in [3.63, 3.8) is 0 Å². The number of hydrogen-bond donors (Lipinski definition) is 2. The first kappa shape index (κ1) is 18.6. The summed E-state index contributed by atoms with van der Waals surface area (Å²) in [6, 6.07) is 11.4. The van der Waals surface area contributed by atoms with Crippen LogP contribution in [-0.2, 0) is 6.18 Å². The lowest BCUT2D eigenvalue weighted by Gasteiger charge is -2.10. The first-order valence-electron chi connectivity index (χ1n) is 8.66. The van der Waals surface area contributed by atoms with Crippen LogP contribution < -0.4 is 5.32 Å². The summed E-state index contributed by atoms with van der Waals surface area (Å²) in [5.74, 6) is -0.220. The molecule has 0 saturated heterocycles. The molecule has 0 aliphatic heterocycles. The molecule has 4 rings (SSSR count). The van der Waals surface area contributed by atoms with Crippen LogP contribution in [-0.4, -0.2) is 16.1 Å². The zero-order chi connectivity index (χ0) is 19.9. The second-order valence-electron chi connectivity index (χ2n) is 6.64. The Kier molecular flexibility index (Phi) is 4.63. The van der Waals surface area contributed by atoms with Crippen LogP contribution in [0.25, 0.3) is 11.3 Å². The summed E-state index contributed by atoms with van der Waals surface area (Å²) in [4.78, 5) is 13.0. The molecule has 28 heavy (non-hydrogen) atoms. The average molecular weight is 406 g/mol. The predicted molar refractivity (Wildman–Crippen MR) is 100 cm³/mol. The van der Waals surface area contributed by atoms with Gasteiger partial charge in [0.2, 0.25) is 0 Å². The normalized spacial score (nSPS) is 14.1. The Morgan fingerprint density at radius 2 is 1.79 bits per heavy atom. The number of hydrogen-bond acceptors (Lipinski definition) is 2. The number of nitrogens with one attached hydrogen (secondary N) is 2. The number of amides is 1. The second kappa shape index (κ2) is 6.98. The third-order valence-corrected chi connectivity index (χ3v) is 4.94. The summed E-state index contributed by atoms with van der Waals surface area (Å²) in [5.41, 5.74) is 1.63. The highest BCUT2D eigenvalue weighted by molar-refractivity contribution is 6.33. The molecule has 0 bridgehead atoms. The molecule has 8 heteroatoms. The van der Waals surface area contributed by atoms with Crippen LogP contribution in [0.3, 0.4) is 0 Å². The van der Waals surface area contributed by atoms with Gasteiger partial charge in [-0.25, -0.2) is 0 Å². The number of benzene rings is 2. The quantitative estimate of drug-likeness (QED) is 0.569. The van der Waals surface area contributed by atoms with E-state index in [9.17, 15) is 18.0 Å². The fourth-order valence-electron chi connectivity index (χ4n) is 3.04. The molecule has 144 valence electrons. The fraction of sp³-hybridized carbons (Fsp3) is 0.200. The maximum Gasteiger partial charge on any atom is 0.416 e. The topological polar surface area (TPSA) is 57.8 Å². The number of carbonyl (C=O) groups is 1. The smallest absolute Gasteiger partial charge is 0.322 e. The molecule has 1 saturated carbocycles. The second-order valence-corrected chi connectivity index (χ2v) is 7.05. The number of halogens is 4. The van der Waals surface area contributed by atoms with Crippen LogP contribution in [0.1, 0.15) is 40.4 Å². The van der Waals surface area contributed by atoms with E-state index in [0.717, 1.165) is 30.7 Å². The van der Waals surface area contributed by atoms with Gasteiger partial charge in [-0.2, -0.15) is 18.3 Å². The molecular formula is C20H15ClF3N3O. The van der Waals surface area contributed by atoms with Gasteiger partial charge in [0.25, 0.3) is 5.91 Å². The molecule has 0 atom stereocenters. The zero-order valence-electron chi connectivity index (χ0n) is 14.5. The molecule has 4 nitrogen and oxygen atoms in total. The maximum absolute atomic E-state index is 13.0. The van der Waals surface area contributed by atoms with E-state index in [2.05, 4.69) is 15.5 Å². The lowest BCUT2D eigenvalue weighted by atomic mass is 10.0. The van der Waals surface area contributed by atoms with Gasteiger partial charge in [-0.15, -0.1) is 0 Å². The molecule has 1 aliphatic rings. The summed E-state index contributed by atoms with van der Waals surface area (Å²) in [7, 11) is 0. The van der Waals surface area contributed by atoms with Crippen molar-refractivity contribution >= 4 is 23.2 Å². The van der Waals surface area contributed by atoms with E-state index >= 15 is 0 Å². The third-order valence-electron chi connectivity index (χ3n) is 4.61. The number of aromatic nitrogens is 2. The van der Waals surface area contributed by atoms with Crippen LogP contribution in [0.2, 0.25) is 5.02 Å². The molecule has 2 N–H and O–H groups in total. The third kappa shape index (κ3) is 3.62. The lowest BCUT2D eigenvalue weighted by molar-refractivity contribution is -0.137.